The largest absolute Gasteiger partial charge is 0.392 e. The van der Waals surface area contributed by atoms with Gasteiger partial charge in [0.1, 0.15) is 0 Å². The van der Waals surface area contributed by atoms with E-state index >= 15 is 0 Å². The molecule has 3 aliphatic rings. The van der Waals surface area contributed by atoms with Crippen LogP contribution in [0.2, 0.25) is 0 Å². The summed E-state index contributed by atoms with van der Waals surface area (Å²) in [4.78, 5) is 14.2. The molecule has 152 valence electrons. The van der Waals surface area contributed by atoms with Crippen LogP contribution in [0.3, 0.4) is 0 Å². The Hall–Kier alpha value is -2.00. The summed E-state index contributed by atoms with van der Waals surface area (Å²) in [6, 6.07) is 1.00. The van der Waals surface area contributed by atoms with Crippen molar-refractivity contribution in [2.45, 2.75) is 69.6 Å². The van der Waals surface area contributed by atoms with Crippen molar-refractivity contribution < 1.29 is 9.74 Å². The quantitative estimate of drug-likeness (QED) is 0.812. The number of nitrogens with zero attached hydrogens (tertiary/aromatic N) is 6. The Balaban J connectivity index is 1.32. The normalized spacial score (nSPS) is 25.6. The molecule has 9 heteroatoms. The average molecular weight is 387 g/mol. The zero-order valence-corrected chi connectivity index (χ0v) is 16.3. The van der Waals surface area contributed by atoms with Gasteiger partial charge in [-0.2, -0.15) is 0 Å². The van der Waals surface area contributed by atoms with Gasteiger partial charge in [0.15, 0.2) is 11.6 Å². The van der Waals surface area contributed by atoms with Gasteiger partial charge in [0.05, 0.1) is 6.10 Å². The van der Waals surface area contributed by atoms with Gasteiger partial charge in [-0.05, 0) is 55.4 Å². The minimum Gasteiger partial charge on any atom is -0.392 e. The number of rotatable bonds is 4. The second-order valence-corrected chi connectivity index (χ2v) is 8.44. The molecule has 0 unspecified atom stereocenters. The maximum absolute atomic E-state index is 9.99. The van der Waals surface area contributed by atoms with E-state index in [0.29, 0.717) is 23.4 Å². The van der Waals surface area contributed by atoms with Crippen LogP contribution in [-0.4, -0.2) is 74.7 Å². The summed E-state index contributed by atoms with van der Waals surface area (Å²) < 4.78 is 4.84. The second kappa shape index (κ2) is 7.79. The summed E-state index contributed by atoms with van der Waals surface area (Å²) in [5, 5.41) is 21.4. The van der Waals surface area contributed by atoms with Crippen LogP contribution in [0.5, 0.6) is 0 Å². The van der Waals surface area contributed by atoms with E-state index in [-0.39, 0.29) is 6.10 Å². The highest BCUT2D eigenvalue weighted by atomic mass is 16.6. The van der Waals surface area contributed by atoms with E-state index in [1.807, 2.05) is 0 Å². The predicted molar refractivity (Wildman–Crippen MR) is 105 cm³/mol. The maximum atomic E-state index is 9.99. The Bertz CT molecular complexity index is 799. The number of piperidine rings is 2. The Morgan fingerprint density at radius 1 is 0.893 bits per heavy atom. The lowest BCUT2D eigenvalue weighted by molar-refractivity contribution is 0.0398. The third-order valence-electron chi connectivity index (χ3n) is 6.50. The summed E-state index contributed by atoms with van der Waals surface area (Å²) in [5.74, 6) is 1.68. The fourth-order valence-corrected chi connectivity index (χ4v) is 4.97. The molecule has 1 aliphatic carbocycles. The first-order valence-corrected chi connectivity index (χ1v) is 10.7. The van der Waals surface area contributed by atoms with Crippen molar-refractivity contribution in [2.75, 3.05) is 36.4 Å². The van der Waals surface area contributed by atoms with E-state index in [1.54, 1.807) is 0 Å². The molecule has 2 aromatic heterocycles. The molecule has 0 spiro atoms. The van der Waals surface area contributed by atoms with Crippen LogP contribution in [-0.2, 0) is 0 Å². The molecule has 5 rings (SSSR count). The number of aromatic nitrogens is 4. The highest BCUT2D eigenvalue weighted by molar-refractivity contribution is 5.74. The molecular formula is C19H29N7O2. The molecule has 2 saturated heterocycles. The first kappa shape index (κ1) is 18.1. The van der Waals surface area contributed by atoms with Gasteiger partial charge in [-0.25, -0.2) is 14.6 Å². The van der Waals surface area contributed by atoms with Gasteiger partial charge in [-0.3, -0.25) is 4.90 Å². The standard InChI is InChI=1S/C19H29N7O2/c27-15-6-3-9-26(12-15)14-7-10-25(11-8-14)19-18(20-13-4-1-2-5-13)21-16-17(22-19)24-28-23-16/h13-15,27H,1-12H2,(H,20,21,23)/t15-/m1/s1. The summed E-state index contributed by atoms with van der Waals surface area (Å²) >= 11 is 0. The maximum Gasteiger partial charge on any atom is 0.245 e. The van der Waals surface area contributed by atoms with Gasteiger partial charge in [0, 0.05) is 31.7 Å². The Kier molecular flexibility index (Phi) is 5.02. The van der Waals surface area contributed by atoms with Crippen molar-refractivity contribution in [1.82, 2.24) is 25.2 Å². The fraction of sp³-hybridized carbons (Fsp3) is 0.789. The number of hydrogen-bond acceptors (Lipinski definition) is 9. The zero-order valence-electron chi connectivity index (χ0n) is 16.3. The topological polar surface area (TPSA) is 103 Å². The number of aliphatic hydroxyl groups excluding tert-OH is 1. The number of β-amino-alcohol motifs (C(OH)–C–C–N with tert-alkyl or cyclic N) is 1. The molecule has 28 heavy (non-hydrogen) atoms. The number of likely N-dealkylation sites (tertiary alicyclic amines) is 1. The van der Waals surface area contributed by atoms with Crippen molar-refractivity contribution >= 4 is 22.9 Å². The monoisotopic (exact) mass is 387 g/mol. The molecule has 1 atom stereocenters. The molecule has 1 saturated carbocycles. The Morgan fingerprint density at radius 3 is 2.39 bits per heavy atom. The molecule has 4 heterocycles. The lowest BCUT2D eigenvalue weighted by Gasteiger charge is -2.41. The molecular weight excluding hydrogens is 358 g/mol. The van der Waals surface area contributed by atoms with E-state index in [4.69, 9.17) is 9.61 Å². The summed E-state index contributed by atoms with van der Waals surface area (Å²) in [7, 11) is 0. The Labute approximate surface area is 164 Å². The molecule has 0 aromatic carbocycles. The van der Waals surface area contributed by atoms with Gasteiger partial charge in [-0.15, -0.1) is 0 Å². The van der Waals surface area contributed by atoms with Gasteiger partial charge in [0.2, 0.25) is 11.3 Å². The molecule has 0 bridgehead atoms. The molecule has 2 N–H and O–H groups in total. The van der Waals surface area contributed by atoms with E-state index in [0.717, 1.165) is 63.5 Å². The van der Waals surface area contributed by atoms with Crippen LogP contribution >= 0.6 is 0 Å². The van der Waals surface area contributed by atoms with Crippen LogP contribution in [0.15, 0.2) is 4.63 Å². The van der Waals surface area contributed by atoms with Crippen molar-refractivity contribution in [3.8, 4) is 0 Å². The third-order valence-corrected chi connectivity index (χ3v) is 6.50. The van der Waals surface area contributed by atoms with Gasteiger partial charge >= 0.3 is 0 Å². The van der Waals surface area contributed by atoms with Crippen LogP contribution in [0.4, 0.5) is 11.6 Å². The molecule has 9 nitrogen and oxygen atoms in total. The molecule has 0 amide bonds. The Morgan fingerprint density at radius 2 is 1.64 bits per heavy atom. The summed E-state index contributed by atoms with van der Waals surface area (Å²) in [6.07, 6.45) is 8.90. The summed E-state index contributed by atoms with van der Waals surface area (Å²) in [5.41, 5.74) is 0.926. The summed E-state index contributed by atoms with van der Waals surface area (Å²) in [6.45, 7) is 3.78. The first-order chi connectivity index (χ1) is 13.8. The smallest absolute Gasteiger partial charge is 0.245 e. The number of anilines is 2. The zero-order chi connectivity index (χ0) is 18.9. The van der Waals surface area contributed by atoms with E-state index < -0.39 is 0 Å². The highest BCUT2D eigenvalue weighted by Gasteiger charge is 2.30. The van der Waals surface area contributed by atoms with Gasteiger partial charge in [-0.1, -0.05) is 12.8 Å². The number of nitrogens with one attached hydrogen (secondary N) is 1. The van der Waals surface area contributed by atoms with E-state index in [2.05, 4.69) is 30.4 Å². The van der Waals surface area contributed by atoms with Crippen LogP contribution < -0.4 is 10.2 Å². The van der Waals surface area contributed by atoms with Crippen molar-refractivity contribution in [3.63, 3.8) is 0 Å². The SMILES string of the molecule is O[C@@H]1CCCN(C2CCN(c3nc4nonc4nc3NC3CCCC3)CC2)C1. The second-order valence-electron chi connectivity index (χ2n) is 8.44. The van der Waals surface area contributed by atoms with Gasteiger partial charge in [0.25, 0.3) is 0 Å². The van der Waals surface area contributed by atoms with E-state index in [9.17, 15) is 5.11 Å². The third kappa shape index (κ3) is 3.65. The van der Waals surface area contributed by atoms with Crippen LogP contribution in [0.1, 0.15) is 51.4 Å². The van der Waals surface area contributed by atoms with Crippen molar-refractivity contribution in [1.29, 1.82) is 0 Å². The molecule has 2 aromatic rings. The number of fused-ring (bicyclic) bond motifs is 1. The van der Waals surface area contributed by atoms with Gasteiger partial charge < -0.3 is 15.3 Å². The van der Waals surface area contributed by atoms with Crippen LogP contribution in [0.25, 0.3) is 11.3 Å². The molecule has 0 radical (unpaired) electrons. The molecule has 2 aliphatic heterocycles. The lowest BCUT2D eigenvalue weighted by Crippen LogP contribution is -2.50. The van der Waals surface area contributed by atoms with Crippen molar-refractivity contribution in [2.24, 2.45) is 0 Å². The van der Waals surface area contributed by atoms with E-state index in [1.165, 1.54) is 25.7 Å². The minimum atomic E-state index is -0.165. The fourth-order valence-electron chi connectivity index (χ4n) is 4.97. The average Bonchev–Trinajstić information content (AvgIpc) is 3.39. The first-order valence-electron chi connectivity index (χ1n) is 10.7. The number of aliphatic hydroxyl groups is 1. The van der Waals surface area contributed by atoms with Crippen molar-refractivity contribution in [3.05, 3.63) is 0 Å². The number of hydrogen-bond donors (Lipinski definition) is 2. The van der Waals surface area contributed by atoms with Crippen LogP contribution in [0, 0.1) is 0 Å². The lowest BCUT2D eigenvalue weighted by atomic mass is 9.99. The minimum absolute atomic E-state index is 0.165. The molecule has 3 fully saturated rings. The highest BCUT2D eigenvalue weighted by Crippen LogP contribution is 2.31. The predicted octanol–water partition coefficient (Wildman–Crippen LogP) is 1.79.